The number of aryl methyl sites for hydroxylation is 1. The first-order valence-corrected chi connectivity index (χ1v) is 6.60. The third-order valence-corrected chi connectivity index (χ3v) is 3.58. The summed E-state index contributed by atoms with van der Waals surface area (Å²) in [6, 6.07) is 1.98. The van der Waals surface area contributed by atoms with Gasteiger partial charge in [0.1, 0.15) is 17.3 Å². The van der Waals surface area contributed by atoms with Crippen molar-refractivity contribution in [2.45, 2.75) is 32.2 Å². The summed E-state index contributed by atoms with van der Waals surface area (Å²) in [6.45, 7) is 6.57. The zero-order valence-electron chi connectivity index (χ0n) is 11.1. The summed E-state index contributed by atoms with van der Waals surface area (Å²) in [7, 11) is 0. The maximum Gasteiger partial charge on any atom is 0.132 e. The van der Waals surface area contributed by atoms with E-state index in [1.165, 1.54) is 12.8 Å². The maximum atomic E-state index is 6.28. The summed E-state index contributed by atoms with van der Waals surface area (Å²) in [4.78, 5) is 8.96. The molecule has 1 saturated carbocycles. The molecule has 0 radical (unpaired) electrons. The van der Waals surface area contributed by atoms with Crippen molar-refractivity contribution in [3.63, 3.8) is 0 Å². The predicted molar refractivity (Wildman–Crippen MR) is 76.8 cm³/mol. The second kappa shape index (κ2) is 4.53. The van der Waals surface area contributed by atoms with E-state index < -0.39 is 0 Å². The van der Waals surface area contributed by atoms with Gasteiger partial charge in [0, 0.05) is 30.4 Å². The molecule has 1 aliphatic rings. The van der Waals surface area contributed by atoms with E-state index in [0.29, 0.717) is 12.5 Å². The number of nitrogen functional groups attached to an aromatic ring is 1. The Balaban J connectivity index is 2.14. The molecule has 1 aliphatic carbocycles. The van der Waals surface area contributed by atoms with E-state index in [9.17, 15) is 0 Å². The lowest BCUT2D eigenvalue weighted by Gasteiger charge is -2.06. The zero-order valence-corrected chi connectivity index (χ0v) is 11.1. The number of hydrogen-bond donors (Lipinski definition) is 1. The molecule has 2 aromatic rings. The Kier molecular flexibility index (Phi) is 2.85. The fourth-order valence-electron chi connectivity index (χ4n) is 2.37. The van der Waals surface area contributed by atoms with Crippen molar-refractivity contribution in [3.8, 4) is 11.3 Å². The standard InChI is InChI=1S/C15H18N4/c1-3-8-19-14(16)13(18-15(19)11-4-5-11)12-9-17-7-6-10(12)2/h3,6-7,9,11H,1,4-5,8,16H2,2H3. The molecule has 4 nitrogen and oxygen atoms in total. The van der Waals surface area contributed by atoms with E-state index >= 15 is 0 Å². The SMILES string of the molecule is C=CCn1c(C2CC2)nc(-c2cnccc2C)c1N. The quantitative estimate of drug-likeness (QED) is 0.853. The average molecular weight is 254 g/mol. The Morgan fingerprint density at radius 1 is 1.53 bits per heavy atom. The molecule has 2 heterocycles. The van der Waals surface area contributed by atoms with Crippen LogP contribution in [0.15, 0.2) is 31.1 Å². The minimum absolute atomic E-state index is 0.563. The molecule has 3 rings (SSSR count). The molecular weight excluding hydrogens is 236 g/mol. The molecule has 98 valence electrons. The predicted octanol–water partition coefficient (Wildman–Crippen LogP) is 2.90. The normalized spacial score (nSPS) is 14.6. The number of nitrogens with two attached hydrogens (primary N) is 1. The third kappa shape index (κ3) is 2.03. The highest BCUT2D eigenvalue weighted by atomic mass is 15.1. The summed E-state index contributed by atoms with van der Waals surface area (Å²) in [5.74, 6) is 2.38. The largest absolute Gasteiger partial charge is 0.383 e. The van der Waals surface area contributed by atoms with Crippen LogP contribution in [0.4, 0.5) is 5.82 Å². The van der Waals surface area contributed by atoms with E-state index in [0.717, 1.165) is 28.5 Å². The smallest absolute Gasteiger partial charge is 0.132 e. The Hall–Kier alpha value is -2.10. The lowest BCUT2D eigenvalue weighted by atomic mass is 10.1. The van der Waals surface area contributed by atoms with E-state index in [2.05, 4.69) is 23.1 Å². The molecule has 0 saturated heterocycles. The number of allylic oxidation sites excluding steroid dienone is 1. The molecule has 0 aliphatic heterocycles. The van der Waals surface area contributed by atoms with Crippen LogP contribution in [-0.4, -0.2) is 14.5 Å². The zero-order chi connectivity index (χ0) is 13.4. The van der Waals surface area contributed by atoms with Crippen LogP contribution in [0, 0.1) is 6.92 Å². The first-order chi connectivity index (χ1) is 9.22. The fraction of sp³-hybridized carbons (Fsp3) is 0.333. The first-order valence-electron chi connectivity index (χ1n) is 6.60. The molecule has 0 atom stereocenters. The van der Waals surface area contributed by atoms with E-state index in [-0.39, 0.29) is 0 Å². The van der Waals surface area contributed by atoms with Gasteiger partial charge in [-0.1, -0.05) is 6.08 Å². The van der Waals surface area contributed by atoms with Crippen LogP contribution >= 0.6 is 0 Å². The minimum Gasteiger partial charge on any atom is -0.383 e. The Morgan fingerprint density at radius 2 is 2.32 bits per heavy atom. The van der Waals surface area contributed by atoms with Crippen molar-refractivity contribution in [1.29, 1.82) is 0 Å². The highest BCUT2D eigenvalue weighted by Gasteiger charge is 2.30. The summed E-state index contributed by atoms with van der Waals surface area (Å²) in [5.41, 5.74) is 9.30. The molecule has 0 amide bonds. The molecule has 2 N–H and O–H groups in total. The summed E-state index contributed by atoms with van der Waals surface area (Å²) < 4.78 is 2.08. The van der Waals surface area contributed by atoms with E-state index in [4.69, 9.17) is 10.7 Å². The van der Waals surface area contributed by atoms with Crippen LogP contribution in [-0.2, 0) is 6.54 Å². The number of imidazole rings is 1. The van der Waals surface area contributed by atoms with Crippen molar-refractivity contribution in [1.82, 2.24) is 14.5 Å². The number of hydrogen-bond acceptors (Lipinski definition) is 3. The van der Waals surface area contributed by atoms with E-state index in [1.807, 2.05) is 18.3 Å². The molecule has 0 aromatic carbocycles. The summed E-state index contributed by atoms with van der Waals surface area (Å²) in [5, 5.41) is 0. The van der Waals surface area contributed by atoms with Gasteiger partial charge in [-0.2, -0.15) is 0 Å². The minimum atomic E-state index is 0.563. The topological polar surface area (TPSA) is 56.7 Å². The molecule has 0 bridgehead atoms. The molecule has 1 fully saturated rings. The fourth-order valence-corrected chi connectivity index (χ4v) is 2.37. The lowest BCUT2D eigenvalue weighted by Crippen LogP contribution is -2.05. The molecule has 19 heavy (non-hydrogen) atoms. The van der Waals surface area contributed by atoms with Crippen LogP contribution in [0.2, 0.25) is 0 Å². The Bertz CT molecular complexity index is 623. The van der Waals surface area contributed by atoms with Gasteiger partial charge in [0.25, 0.3) is 0 Å². The molecule has 4 heteroatoms. The second-order valence-corrected chi connectivity index (χ2v) is 5.07. The molecule has 2 aromatic heterocycles. The third-order valence-electron chi connectivity index (χ3n) is 3.58. The number of nitrogens with zero attached hydrogens (tertiary/aromatic N) is 3. The first kappa shape index (κ1) is 12.0. The maximum absolute atomic E-state index is 6.28. The van der Waals surface area contributed by atoms with Gasteiger partial charge >= 0.3 is 0 Å². The average Bonchev–Trinajstić information content (AvgIpc) is 3.19. The Morgan fingerprint density at radius 3 is 2.95 bits per heavy atom. The van der Waals surface area contributed by atoms with Crippen LogP contribution < -0.4 is 5.73 Å². The van der Waals surface area contributed by atoms with Gasteiger partial charge in [0.2, 0.25) is 0 Å². The van der Waals surface area contributed by atoms with Gasteiger partial charge in [-0.05, 0) is 31.4 Å². The van der Waals surface area contributed by atoms with Crippen LogP contribution in [0.25, 0.3) is 11.3 Å². The number of aromatic nitrogens is 3. The lowest BCUT2D eigenvalue weighted by molar-refractivity contribution is 0.750. The van der Waals surface area contributed by atoms with Gasteiger partial charge in [0.05, 0.1) is 0 Å². The van der Waals surface area contributed by atoms with E-state index in [1.54, 1.807) is 6.20 Å². The van der Waals surface area contributed by atoms with Gasteiger partial charge in [0.15, 0.2) is 0 Å². The molecule has 0 spiro atoms. The molecule has 0 unspecified atom stereocenters. The molecular formula is C15H18N4. The van der Waals surface area contributed by atoms with Crippen molar-refractivity contribution in [3.05, 3.63) is 42.5 Å². The van der Waals surface area contributed by atoms with Gasteiger partial charge < -0.3 is 10.3 Å². The van der Waals surface area contributed by atoms with Gasteiger partial charge in [-0.15, -0.1) is 6.58 Å². The summed E-state index contributed by atoms with van der Waals surface area (Å²) in [6.07, 6.45) is 7.91. The number of anilines is 1. The highest BCUT2D eigenvalue weighted by molar-refractivity contribution is 5.73. The van der Waals surface area contributed by atoms with Crippen LogP contribution in [0.1, 0.15) is 30.1 Å². The van der Waals surface area contributed by atoms with Crippen molar-refractivity contribution < 1.29 is 0 Å². The van der Waals surface area contributed by atoms with Crippen molar-refractivity contribution >= 4 is 5.82 Å². The second-order valence-electron chi connectivity index (χ2n) is 5.07. The monoisotopic (exact) mass is 254 g/mol. The summed E-state index contributed by atoms with van der Waals surface area (Å²) >= 11 is 0. The van der Waals surface area contributed by atoms with Crippen LogP contribution in [0.5, 0.6) is 0 Å². The number of rotatable bonds is 4. The number of pyridine rings is 1. The van der Waals surface area contributed by atoms with Crippen molar-refractivity contribution in [2.75, 3.05) is 5.73 Å². The highest BCUT2D eigenvalue weighted by Crippen LogP contribution is 2.42. The van der Waals surface area contributed by atoms with Crippen molar-refractivity contribution in [2.24, 2.45) is 0 Å². The van der Waals surface area contributed by atoms with Crippen LogP contribution in [0.3, 0.4) is 0 Å². The Labute approximate surface area is 113 Å². The van der Waals surface area contributed by atoms with Gasteiger partial charge in [-0.3, -0.25) is 4.98 Å². The van der Waals surface area contributed by atoms with Gasteiger partial charge in [-0.25, -0.2) is 4.98 Å².